The Hall–Kier alpha value is -0.330. The van der Waals surface area contributed by atoms with Crippen LogP contribution in [0.5, 0.6) is 0 Å². The molecule has 0 aromatic rings. The lowest BCUT2D eigenvalue weighted by Gasteiger charge is -2.22. The summed E-state index contributed by atoms with van der Waals surface area (Å²) in [5.74, 6) is -0.143. The molecule has 0 aliphatic carbocycles. The number of hydrogen-bond donors (Lipinski definition) is 3. The van der Waals surface area contributed by atoms with Crippen LogP contribution in [0.25, 0.3) is 0 Å². The first kappa shape index (κ1) is 13.7. The maximum atomic E-state index is 11.8. The molecular weight excluding hydrogens is 199 g/mol. The normalized spacial score (nSPS) is 19.1. The minimum absolute atomic E-state index is 0.101. The minimum atomic E-state index is -4.59. The summed E-state index contributed by atoms with van der Waals surface area (Å²) in [5, 5.41) is 19.9. The van der Waals surface area contributed by atoms with Gasteiger partial charge in [0.2, 0.25) is 0 Å². The first-order valence-electron chi connectivity index (χ1n) is 4.38. The van der Waals surface area contributed by atoms with E-state index in [0.717, 1.165) is 0 Å². The summed E-state index contributed by atoms with van der Waals surface area (Å²) < 4.78 is 35.5. The molecule has 0 radical (unpaired) electrons. The van der Waals surface area contributed by atoms with Crippen molar-refractivity contribution < 1.29 is 23.4 Å². The number of aliphatic hydroxyl groups is 2. The molecule has 0 saturated heterocycles. The maximum Gasteiger partial charge on any atom is 0.415 e. The van der Waals surface area contributed by atoms with E-state index in [1.165, 1.54) is 0 Å². The summed E-state index contributed by atoms with van der Waals surface area (Å²) in [4.78, 5) is 0. The van der Waals surface area contributed by atoms with E-state index in [0.29, 0.717) is 0 Å². The van der Waals surface area contributed by atoms with E-state index < -0.39 is 18.8 Å². The zero-order valence-corrected chi connectivity index (χ0v) is 8.17. The molecule has 0 bridgehead atoms. The summed E-state index contributed by atoms with van der Waals surface area (Å²) in [7, 11) is 0. The highest BCUT2D eigenvalue weighted by atomic mass is 19.4. The van der Waals surface area contributed by atoms with Crippen LogP contribution in [-0.2, 0) is 0 Å². The highest BCUT2D eigenvalue weighted by Crippen LogP contribution is 2.19. The van der Waals surface area contributed by atoms with Crippen molar-refractivity contribution in [3.05, 3.63) is 0 Å². The number of aliphatic hydroxyl groups excluding tert-OH is 2. The van der Waals surface area contributed by atoms with Crippen LogP contribution in [0.4, 0.5) is 13.2 Å². The van der Waals surface area contributed by atoms with Gasteiger partial charge >= 0.3 is 6.18 Å². The third-order valence-corrected chi connectivity index (χ3v) is 2.15. The molecule has 0 heterocycles. The maximum absolute atomic E-state index is 11.8. The van der Waals surface area contributed by atoms with Gasteiger partial charge in [0.1, 0.15) is 0 Å². The van der Waals surface area contributed by atoms with Crippen molar-refractivity contribution in [2.24, 2.45) is 5.92 Å². The van der Waals surface area contributed by atoms with Crippen molar-refractivity contribution in [1.29, 1.82) is 0 Å². The zero-order valence-electron chi connectivity index (χ0n) is 8.17. The van der Waals surface area contributed by atoms with E-state index in [-0.39, 0.29) is 18.6 Å². The molecule has 0 aromatic carbocycles. The highest BCUT2D eigenvalue weighted by molar-refractivity contribution is 4.73. The Morgan fingerprint density at radius 2 is 1.79 bits per heavy atom. The summed E-state index contributed by atoms with van der Waals surface area (Å²) in [6.45, 7) is 2.72. The quantitative estimate of drug-likeness (QED) is 0.626. The van der Waals surface area contributed by atoms with Gasteiger partial charge in [-0.05, 0) is 12.8 Å². The Balaban J connectivity index is 3.83. The van der Waals surface area contributed by atoms with E-state index in [2.05, 4.69) is 5.32 Å². The van der Waals surface area contributed by atoms with Gasteiger partial charge in [0.15, 0.2) is 6.10 Å². The summed E-state index contributed by atoms with van der Waals surface area (Å²) in [6, 6.07) is -0.267. The molecule has 3 nitrogen and oxygen atoms in total. The van der Waals surface area contributed by atoms with Crippen LogP contribution in [0.1, 0.15) is 13.8 Å². The number of nitrogens with one attached hydrogen (secondary N) is 1. The average Bonchev–Trinajstić information content (AvgIpc) is 2.10. The number of hydrogen-bond acceptors (Lipinski definition) is 3. The topological polar surface area (TPSA) is 52.5 Å². The summed E-state index contributed by atoms with van der Waals surface area (Å²) in [6.07, 6.45) is -6.94. The number of halogens is 3. The van der Waals surface area contributed by atoms with E-state index in [4.69, 9.17) is 10.2 Å². The second-order valence-electron chi connectivity index (χ2n) is 3.41. The minimum Gasteiger partial charge on any atom is -0.396 e. The van der Waals surface area contributed by atoms with Crippen molar-refractivity contribution >= 4 is 0 Å². The molecule has 0 amide bonds. The lowest BCUT2D eigenvalue weighted by Crippen LogP contribution is -2.44. The molecule has 0 saturated carbocycles. The lowest BCUT2D eigenvalue weighted by molar-refractivity contribution is -0.202. The van der Waals surface area contributed by atoms with Crippen molar-refractivity contribution in [2.75, 3.05) is 13.2 Å². The number of rotatable bonds is 5. The second-order valence-corrected chi connectivity index (χ2v) is 3.41. The monoisotopic (exact) mass is 215 g/mol. The molecule has 0 aromatic heterocycles. The van der Waals surface area contributed by atoms with Crippen LogP contribution in [0.15, 0.2) is 0 Å². The summed E-state index contributed by atoms with van der Waals surface area (Å²) >= 11 is 0. The fourth-order valence-corrected chi connectivity index (χ4v) is 0.773. The van der Waals surface area contributed by atoms with Crippen LogP contribution >= 0.6 is 0 Å². The van der Waals surface area contributed by atoms with Crippen LogP contribution in [-0.4, -0.2) is 41.7 Å². The highest BCUT2D eigenvalue weighted by Gasteiger charge is 2.38. The average molecular weight is 215 g/mol. The molecule has 0 aliphatic heterocycles. The Morgan fingerprint density at radius 3 is 2.14 bits per heavy atom. The van der Waals surface area contributed by atoms with Crippen molar-refractivity contribution in [1.82, 2.24) is 5.32 Å². The van der Waals surface area contributed by atoms with E-state index in [1.54, 1.807) is 13.8 Å². The predicted molar refractivity (Wildman–Crippen MR) is 45.8 cm³/mol. The van der Waals surface area contributed by atoms with Gasteiger partial charge in [-0.15, -0.1) is 0 Å². The van der Waals surface area contributed by atoms with Gasteiger partial charge in [-0.25, -0.2) is 0 Å². The molecule has 86 valence electrons. The fourth-order valence-electron chi connectivity index (χ4n) is 0.773. The van der Waals surface area contributed by atoms with Gasteiger partial charge in [0.05, 0.1) is 0 Å². The van der Waals surface area contributed by atoms with Crippen molar-refractivity contribution in [3.8, 4) is 0 Å². The van der Waals surface area contributed by atoms with E-state index in [9.17, 15) is 13.2 Å². The van der Waals surface area contributed by atoms with Gasteiger partial charge in [0.25, 0.3) is 0 Å². The van der Waals surface area contributed by atoms with Crippen LogP contribution in [0, 0.1) is 5.92 Å². The molecule has 0 spiro atoms. The third kappa shape index (κ3) is 4.78. The number of alkyl halides is 3. The summed E-state index contributed by atoms with van der Waals surface area (Å²) in [5.41, 5.74) is 0. The van der Waals surface area contributed by atoms with Crippen molar-refractivity contribution in [2.45, 2.75) is 32.2 Å². The van der Waals surface area contributed by atoms with Gasteiger partial charge < -0.3 is 15.5 Å². The van der Waals surface area contributed by atoms with Crippen LogP contribution in [0.3, 0.4) is 0 Å². The molecule has 3 unspecified atom stereocenters. The molecule has 0 fully saturated rings. The molecule has 14 heavy (non-hydrogen) atoms. The molecule has 3 N–H and O–H groups in total. The van der Waals surface area contributed by atoms with E-state index in [1.807, 2.05) is 0 Å². The second kappa shape index (κ2) is 5.53. The Morgan fingerprint density at radius 1 is 1.29 bits per heavy atom. The fraction of sp³-hybridized carbons (Fsp3) is 1.00. The first-order chi connectivity index (χ1) is 6.29. The zero-order chi connectivity index (χ0) is 11.4. The predicted octanol–water partition coefficient (Wildman–Crippen LogP) is 0.516. The largest absolute Gasteiger partial charge is 0.415 e. The Labute approximate surface area is 80.9 Å². The van der Waals surface area contributed by atoms with Gasteiger partial charge in [-0.2, -0.15) is 13.2 Å². The standard InChI is InChI=1S/C8H16F3NO2/c1-5(4-13)6(2)12-3-7(14)8(9,10)11/h5-7,12-14H,3-4H2,1-2H3. The molecule has 3 atom stereocenters. The molecule has 6 heteroatoms. The Kier molecular flexibility index (Phi) is 5.40. The molecular formula is C8H16F3NO2. The molecule has 0 rings (SSSR count). The molecule has 0 aliphatic rings. The lowest BCUT2D eigenvalue weighted by atomic mass is 10.1. The van der Waals surface area contributed by atoms with Crippen LogP contribution < -0.4 is 5.32 Å². The third-order valence-electron chi connectivity index (χ3n) is 2.15. The Bertz CT molecular complexity index is 163. The van der Waals surface area contributed by atoms with Gasteiger partial charge in [-0.1, -0.05) is 6.92 Å². The van der Waals surface area contributed by atoms with E-state index >= 15 is 0 Å². The van der Waals surface area contributed by atoms with Crippen molar-refractivity contribution in [3.63, 3.8) is 0 Å². The smallest absolute Gasteiger partial charge is 0.396 e. The first-order valence-corrected chi connectivity index (χ1v) is 4.38. The van der Waals surface area contributed by atoms with Crippen LogP contribution in [0.2, 0.25) is 0 Å². The van der Waals surface area contributed by atoms with Gasteiger partial charge in [-0.3, -0.25) is 0 Å². The van der Waals surface area contributed by atoms with Gasteiger partial charge in [0, 0.05) is 19.2 Å². The SMILES string of the molecule is CC(CO)C(C)NCC(O)C(F)(F)F.